The zero-order valence-electron chi connectivity index (χ0n) is 56.6. The van der Waals surface area contributed by atoms with Crippen molar-refractivity contribution < 1.29 is 4.18 Å². The Kier molecular flexibility index (Phi) is 107. The van der Waals surface area contributed by atoms with Crippen molar-refractivity contribution in [3.05, 3.63) is 0 Å². The van der Waals surface area contributed by atoms with E-state index in [4.69, 9.17) is 10.7 Å². The number of hydrogen-bond donors (Lipinski definition) is 0. The average molecular weight is 1080 g/mol. The summed E-state index contributed by atoms with van der Waals surface area (Å²) in [6, 6.07) is 1.84. The molecule has 0 fully saturated rings. The fourth-order valence-electron chi connectivity index (χ4n) is 5.99. The molecule has 0 amide bonds. The van der Waals surface area contributed by atoms with Crippen LogP contribution in [0.5, 0.6) is 0 Å². The summed E-state index contributed by atoms with van der Waals surface area (Å²) in [4.78, 5) is 0. The van der Waals surface area contributed by atoms with Crippen molar-refractivity contribution in [2.45, 2.75) is 6.92 Å². The van der Waals surface area contributed by atoms with Gasteiger partial charge in [-0.15, -0.1) is 0 Å². The standard InChI is InChI=1S/C2H7B93OS/c1-2-96-97(4)95-94-93-92-91-90-89-88-87-86-85-84-83-82-81-80-79-78-77-76-75-74-73-72-71-70-69-68-67-66-65-64-63-62-61-60-59-58-57-56-55-54-53-52-51-50-49-48-47-46-45-44-43-42-41-40-39-38-37-36-35-34-33-32-31-30-29-28-27-26-25-24-23-22-21-20-19-18-17-16-15-14-13-12-11-10-9-8-7-6-5-3/h2-3H2,1H3. The summed E-state index contributed by atoms with van der Waals surface area (Å²) in [6.07, 6.45) is 0. The van der Waals surface area contributed by atoms with Crippen LogP contribution in [0.4, 0.5) is 0 Å². The molecule has 0 atom stereocenters. The van der Waals surface area contributed by atoms with Crippen molar-refractivity contribution in [1.82, 2.24) is 0 Å². The van der Waals surface area contributed by atoms with Crippen LogP contribution >= 0.6 is 9.84 Å². The Labute approximate surface area is 643 Å². The van der Waals surface area contributed by atoms with Crippen LogP contribution in [0.25, 0.3) is 0 Å². The molecule has 0 spiro atoms. The molecule has 0 rings (SSSR count). The Morgan fingerprint density at radius 3 is 0.330 bits per heavy atom. The Bertz CT molecular complexity index is 3690. The first-order valence-corrected chi connectivity index (χ1v) is 33.5. The van der Waals surface area contributed by atoms with E-state index in [2.05, 4.69) is 0 Å². The van der Waals surface area contributed by atoms with E-state index in [0.717, 1.165) is 0 Å². The minimum atomic E-state index is -0.614. The second-order valence-electron chi connectivity index (χ2n) is 18.3. The molecule has 0 aliphatic carbocycles. The van der Waals surface area contributed by atoms with Gasteiger partial charge in [-0.2, -0.15) is 0 Å². The molecule has 0 radical (unpaired) electrons. The SMILES string of the molecule is B#S(=BB=BB=BB=BB=BB=BB=BB=BB=BB=BB=BB=BB=BB=BB=BB=BB=BB=BB=BB=BB=BB=BB=BB=BB=BB=BB=BB=BB=BB=BB=BB=BB=BB=BB=BB=BB=BB=BB=BB=BB=BB=BB=BB=BB=BB=BB)OCC. The van der Waals surface area contributed by atoms with E-state index in [1.54, 1.807) is 0 Å². The topological polar surface area (TPSA) is 9.23 Å². The van der Waals surface area contributed by atoms with Crippen molar-refractivity contribution in [1.29, 1.82) is 0 Å². The molecule has 0 aliphatic rings. The Morgan fingerprint density at radius 1 is 0.165 bits per heavy atom. The maximum absolute atomic E-state index is 5.75. The summed E-state index contributed by atoms with van der Waals surface area (Å²) in [5.41, 5.74) is 0. The van der Waals surface area contributed by atoms with E-state index in [1.165, 1.54) is 0 Å². The second kappa shape index (κ2) is 100. The molecule has 0 unspecified atom stereocenters. The van der Waals surface area contributed by atoms with Gasteiger partial charge in [-0.25, -0.2) is 0 Å². The molecule has 306 valence electrons. The molecule has 95 heteroatoms. The summed E-state index contributed by atoms with van der Waals surface area (Å²) < 4.78 is 5.26. The van der Waals surface area contributed by atoms with E-state index in [-0.39, 0.29) is 0 Å². The van der Waals surface area contributed by atoms with Crippen molar-refractivity contribution in [3.63, 3.8) is 0 Å². The van der Waals surface area contributed by atoms with Crippen LogP contribution in [0, 0.1) is 0 Å². The van der Waals surface area contributed by atoms with Gasteiger partial charge in [-0.05, 0) is 0 Å². The predicted octanol–water partition coefficient (Wildman–Crippen LogP) is -34.8. The molecule has 1 nitrogen and oxygen atoms in total. The molecule has 0 aromatic rings. The molecular weight excluding hydrogens is 1080 g/mol. The molecule has 0 saturated heterocycles. The zero-order chi connectivity index (χ0) is 69.3. The first-order chi connectivity index (χ1) is 48.3. The summed E-state index contributed by atoms with van der Waals surface area (Å²) in [5, 5.41) is 0. The van der Waals surface area contributed by atoms with Gasteiger partial charge in [0.15, 0.2) is 0 Å². The van der Waals surface area contributed by atoms with Gasteiger partial charge in [-0.1, -0.05) is 0 Å². The maximum atomic E-state index is 5.75. The van der Waals surface area contributed by atoms with E-state index < -0.39 is 9.84 Å². The molecule has 0 N–H and O–H groups in total. The van der Waals surface area contributed by atoms with Crippen LogP contribution < -0.4 is 0 Å². The van der Waals surface area contributed by atoms with Crippen LogP contribution in [-0.2, 0) is 4.18 Å². The average Bonchev–Trinajstić information content (AvgIpc) is 3.66. The summed E-state index contributed by atoms with van der Waals surface area (Å²) >= 11 is 0. The van der Waals surface area contributed by atoms with Gasteiger partial charge in [0.05, 0.1) is 0 Å². The first kappa shape index (κ1) is 103. The van der Waals surface area contributed by atoms with Crippen molar-refractivity contribution in [2.24, 2.45) is 0 Å². The van der Waals surface area contributed by atoms with Crippen LogP contribution in [0.1, 0.15) is 6.92 Å². The molecule has 0 aliphatic heterocycles. The molecule has 0 aromatic carbocycles. The zero-order valence-corrected chi connectivity index (χ0v) is 57.5. The second-order valence-corrected chi connectivity index (χ2v) is 19.5. The van der Waals surface area contributed by atoms with E-state index >= 15 is 0 Å². The molecular formula is C2H7B93OS. The summed E-state index contributed by atoms with van der Waals surface area (Å²) in [5.74, 6) is 0. The third kappa shape index (κ3) is 100. The third-order valence-electron chi connectivity index (χ3n) is 10.4. The van der Waals surface area contributed by atoms with Crippen LogP contribution in [0.2, 0.25) is 0 Å². The van der Waals surface area contributed by atoms with Gasteiger partial charge in [0.25, 0.3) is 0 Å². The van der Waals surface area contributed by atoms with Gasteiger partial charge in [-0.3, -0.25) is 0 Å². The van der Waals surface area contributed by atoms with Crippen LogP contribution in [-0.4, -0.2) is 629 Å². The molecule has 0 heterocycles. The third-order valence-corrected chi connectivity index (χ3v) is 11.4. The van der Waals surface area contributed by atoms with Gasteiger partial charge in [0.2, 0.25) is 0 Å². The molecule has 0 aromatic heterocycles. The molecule has 97 heavy (non-hydrogen) atoms. The van der Waals surface area contributed by atoms with E-state index in [1.807, 2.05) is 623 Å². The van der Waals surface area contributed by atoms with Crippen molar-refractivity contribution in [3.8, 4) is 0 Å². The van der Waals surface area contributed by atoms with Crippen molar-refractivity contribution >= 4 is 632 Å². The first-order valence-electron chi connectivity index (χ1n) is 32.2. The number of hydrogen-bond acceptors (Lipinski definition) is 1. The Balaban J connectivity index is 4.12. The summed E-state index contributed by atoms with van der Waals surface area (Å²) in [7, 11) is 1.39. The monoisotopic (exact) mass is 1100 g/mol. The van der Waals surface area contributed by atoms with E-state index in [0.29, 0.717) is 6.61 Å². The normalized spacial score (nSPS) is 8.22. The Morgan fingerprint density at radius 2 is 0.247 bits per heavy atom. The molecule has 0 bridgehead atoms. The Hall–Kier alpha value is 6.22. The molecule has 0 saturated carbocycles. The fraction of sp³-hybridized carbons (Fsp3) is 1.00. The summed E-state index contributed by atoms with van der Waals surface area (Å²) in [6.45, 7) is 188. The quantitative estimate of drug-likeness (QED) is 0.0552. The van der Waals surface area contributed by atoms with Crippen LogP contribution in [0.3, 0.4) is 0 Å². The van der Waals surface area contributed by atoms with Crippen molar-refractivity contribution in [2.75, 3.05) is 6.61 Å². The van der Waals surface area contributed by atoms with Crippen LogP contribution in [0.15, 0.2) is 0 Å². The number of rotatable bonds is 46. The van der Waals surface area contributed by atoms with Gasteiger partial charge >= 0.3 is 650 Å². The van der Waals surface area contributed by atoms with E-state index in [9.17, 15) is 0 Å². The fourth-order valence-corrected chi connectivity index (χ4v) is 6.59. The predicted molar refractivity (Wildman–Crippen MR) is 557 cm³/mol. The van der Waals surface area contributed by atoms with Gasteiger partial charge in [0.1, 0.15) is 0 Å². The minimum absolute atomic E-state index is 0.613. The van der Waals surface area contributed by atoms with Gasteiger partial charge < -0.3 is 0 Å². The van der Waals surface area contributed by atoms with Gasteiger partial charge in [0, 0.05) is 0 Å².